The third kappa shape index (κ3) is 5.20. The minimum atomic E-state index is -1.51. The van der Waals surface area contributed by atoms with Crippen LogP contribution >= 0.6 is 34.7 Å². The number of nitrogens with two attached hydrogens (primary N) is 1. The summed E-state index contributed by atoms with van der Waals surface area (Å²) < 4.78 is 3.83. The van der Waals surface area contributed by atoms with Crippen molar-refractivity contribution >= 4 is 80.3 Å². The molecule has 17 heteroatoms. The van der Waals surface area contributed by atoms with Crippen LogP contribution in [-0.4, -0.2) is 72.3 Å². The molecule has 2 amide bonds. The molecule has 0 bridgehead atoms. The zero-order valence-electron chi connectivity index (χ0n) is 21.4. The smallest absolute Gasteiger partial charge is 0.347 e. The summed E-state index contributed by atoms with van der Waals surface area (Å²) in [5.41, 5.74) is 7.11. The van der Waals surface area contributed by atoms with Crippen molar-refractivity contribution in [3.8, 4) is 0 Å². The first-order valence-electron chi connectivity index (χ1n) is 12.0. The first-order valence-corrected chi connectivity index (χ1v) is 14.2. The quantitative estimate of drug-likeness (QED) is 0.121. The molecule has 4 N–H and O–H groups in total. The van der Waals surface area contributed by atoms with Crippen molar-refractivity contribution < 1.29 is 38.8 Å². The minimum Gasteiger partial charge on any atom is -0.543 e. The summed E-state index contributed by atoms with van der Waals surface area (Å²) in [5, 5.41) is 26.8. The number of thiazole rings is 1. The number of aromatic nitrogens is 3. The van der Waals surface area contributed by atoms with Gasteiger partial charge in [-0.05, 0) is 13.0 Å². The highest BCUT2D eigenvalue weighted by atomic mass is 35.5. The van der Waals surface area contributed by atoms with Gasteiger partial charge in [-0.3, -0.25) is 14.5 Å². The first kappa shape index (κ1) is 28.4. The number of rotatable bonds is 9. The third-order valence-electron chi connectivity index (χ3n) is 6.51. The number of nitrogens with zero attached hydrogens (tertiary/aromatic N) is 5. The van der Waals surface area contributed by atoms with E-state index < -0.39 is 47.0 Å². The van der Waals surface area contributed by atoms with Crippen LogP contribution in [0.3, 0.4) is 0 Å². The molecule has 2 unspecified atom stereocenters. The van der Waals surface area contributed by atoms with Gasteiger partial charge >= 0.3 is 5.97 Å². The van der Waals surface area contributed by atoms with Crippen LogP contribution in [0.5, 0.6) is 0 Å². The predicted molar refractivity (Wildman–Crippen MR) is 146 cm³/mol. The number of nitrogen functional groups attached to an aromatic ring is 1. The number of hydrogen-bond acceptors (Lipinski definition) is 11. The van der Waals surface area contributed by atoms with Crippen LogP contribution < -0.4 is 20.7 Å². The Kier molecular flexibility index (Phi) is 7.63. The minimum absolute atomic E-state index is 0.00525. The number of thioether (sulfide) groups is 1. The average molecular weight is 620 g/mol. The molecule has 1 saturated heterocycles. The van der Waals surface area contributed by atoms with Gasteiger partial charge in [-0.25, -0.2) is 9.78 Å². The maximum absolute atomic E-state index is 13.2. The lowest BCUT2D eigenvalue weighted by Gasteiger charge is -2.50. The molecule has 41 heavy (non-hydrogen) atoms. The van der Waals surface area contributed by atoms with Gasteiger partial charge in [-0.1, -0.05) is 28.1 Å². The SMILES string of the molecule is C[C@H](O/N=C(\C(=O)NC1C(=O)N2C(C(=O)[O-])=C(C[n+]3cccc4c3ccn4C)CSC12)c1nc(N)sc1Cl)C(=O)O. The molecule has 2 aliphatic heterocycles. The number of carbonyl (C=O) groups excluding carboxylic acids is 3. The lowest BCUT2D eigenvalue weighted by atomic mass is 10.0. The van der Waals surface area contributed by atoms with Gasteiger partial charge in [-0.2, -0.15) is 4.57 Å². The van der Waals surface area contributed by atoms with Crippen molar-refractivity contribution in [1.82, 2.24) is 19.8 Å². The Balaban J connectivity index is 1.39. The van der Waals surface area contributed by atoms with Crippen molar-refractivity contribution in [2.45, 2.75) is 31.0 Å². The zero-order chi connectivity index (χ0) is 29.6. The average Bonchev–Trinajstić information content (AvgIpc) is 3.47. The fourth-order valence-electron chi connectivity index (χ4n) is 4.47. The summed E-state index contributed by atoms with van der Waals surface area (Å²) in [5.74, 6) is -4.19. The number of aliphatic carboxylic acids is 2. The Labute approximate surface area is 245 Å². The maximum atomic E-state index is 13.2. The number of carboxylic acid groups (broad SMARTS) is 2. The van der Waals surface area contributed by atoms with E-state index in [1.165, 1.54) is 18.7 Å². The Hall–Kier alpha value is -4.15. The molecule has 2 aliphatic rings. The van der Waals surface area contributed by atoms with Crippen molar-refractivity contribution in [2.24, 2.45) is 12.2 Å². The lowest BCUT2D eigenvalue weighted by Crippen LogP contribution is -2.71. The molecule has 14 nitrogen and oxygen atoms in total. The molecule has 3 aromatic rings. The molecule has 5 rings (SSSR count). The highest BCUT2D eigenvalue weighted by molar-refractivity contribution is 8.00. The topological polar surface area (TPSA) is 196 Å². The summed E-state index contributed by atoms with van der Waals surface area (Å²) in [7, 11) is 1.90. The molecule has 0 saturated carbocycles. The predicted octanol–water partition coefficient (Wildman–Crippen LogP) is -0.544. The monoisotopic (exact) mass is 619 g/mol. The molecule has 214 valence electrons. The molecule has 0 spiro atoms. The van der Waals surface area contributed by atoms with E-state index in [4.69, 9.17) is 27.3 Å². The van der Waals surface area contributed by atoms with Crippen molar-refractivity contribution in [1.29, 1.82) is 0 Å². The molecular formula is C24H22ClN7O7S2. The normalized spacial score (nSPS) is 19.5. The van der Waals surface area contributed by atoms with Crippen LogP contribution in [0.4, 0.5) is 5.13 Å². The van der Waals surface area contributed by atoms with Gasteiger partial charge in [0.25, 0.3) is 11.8 Å². The number of pyridine rings is 1. The van der Waals surface area contributed by atoms with E-state index >= 15 is 0 Å². The maximum Gasteiger partial charge on any atom is 0.347 e. The van der Waals surface area contributed by atoms with Gasteiger partial charge < -0.3 is 35.5 Å². The first-order chi connectivity index (χ1) is 19.5. The second-order valence-corrected chi connectivity index (χ2v) is 11.9. The van der Waals surface area contributed by atoms with Crippen molar-refractivity contribution in [2.75, 3.05) is 11.5 Å². The fraction of sp³-hybridized carbons (Fsp3) is 0.292. The van der Waals surface area contributed by atoms with Gasteiger partial charge in [0.2, 0.25) is 11.6 Å². The Bertz CT molecular complexity index is 1670. The van der Waals surface area contributed by atoms with Crippen LogP contribution in [0, 0.1) is 0 Å². The van der Waals surface area contributed by atoms with Crippen LogP contribution in [-0.2, 0) is 37.6 Å². The number of fused-ring (bicyclic) bond motifs is 2. The highest BCUT2D eigenvalue weighted by Crippen LogP contribution is 2.40. The van der Waals surface area contributed by atoms with Gasteiger partial charge in [0.1, 0.15) is 27.0 Å². The summed E-state index contributed by atoms with van der Waals surface area (Å²) in [6.45, 7) is 1.41. The van der Waals surface area contributed by atoms with E-state index in [1.807, 2.05) is 46.8 Å². The molecular weight excluding hydrogens is 598 g/mol. The standard InChI is InChI=1S/C24H22ClN7O7S2/c1-10(22(35)36)39-29-15(14-18(25)41-24(26)28-14)19(33)27-16-20(34)32-17(23(37)38)11(9-40-21(16)32)8-31-6-3-4-12-13(31)5-7-30(12)2/h3-7,10,16,21H,8-9H2,1-2H3,(H4-,26,27,28,33,35,36,37,38)/b29-15-/t10-,16?,21?/m0/s1. The number of oxime groups is 1. The van der Waals surface area contributed by atoms with E-state index in [9.17, 15) is 24.3 Å². The summed E-state index contributed by atoms with van der Waals surface area (Å²) in [6.07, 6.45) is 2.31. The van der Waals surface area contributed by atoms with Gasteiger partial charge in [0.15, 0.2) is 23.6 Å². The summed E-state index contributed by atoms with van der Waals surface area (Å²) in [4.78, 5) is 59.8. The van der Waals surface area contributed by atoms with E-state index in [-0.39, 0.29) is 33.2 Å². The second-order valence-electron chi connectivity index (χ2n) is 9.13. The summed E-state index contributed by atoms with van der Waals surface area (Å²) >= 11 is 8.28. The van der Waals surface area contributed by atoms with Crippen LogP contribution in [0.15, 0.2) is 47.0 Å². The number of aryl methyl sites for hydroxylation is 1. The third-order valence-corrected chi connectivity index (χ3v) is 8.93. The second kappa shape index (κ2) is 11.0. The number of hydrogen-bond donors (Lipinski definition) is 3. The number of β-lactam (4-membered cyclic amide) rings is 1. The Morgan fingerprint density at radius 1 is 1.41 bits per heavy atom. The molecule has 1 fully saturated rings. The molecule has 0 aliphatic carbocycles. The molecule has 5 heterocycles. The molecule has 0 radical (unpaired) electrons. The Morgan fingerprint density at radius 3 is 2.83 bits per heavy atom. The van der Waals surface area contributed by atoms with E-state index in [0.717, 1.165) is 27.3 Å². The van der Waals surface area contributed by atoms with E-state index in [1.54, 1.807) is 0 Å². The number of nitrogens with one attached hydrogen (secondary N) is 1. The molecule has 0 aromatic carbocycles. The van der Waals surface area contributed by atoms with Crippen LogP contribution in [0.2, 0.25) is 4.34 Å². The largest absolute Gasteiger partial charge is 0.543 e. The van der Waals surface area contributed by atoms with Crippen molar-refractivity contribution in [3.63, 3.8) is 0 Å². The van der Waals surface area contributed by atoms with Crippen LogP contribution in [0.1, 0.15) is 12.6 Å². The summed E-state index contributed by atoms with van der Waals surface area (Å²) in [6, 6.07) is 4.58. The lowest BCUT2D eigenvalue weighted by molar-refractivity contribution is -0.663. The van der Waals surface area contributed by atoms with E-state index in [0.29, 0.717) is 5.57 Å². The Morgan fingerprint density at radius 2 is 2.17 bits per heavy atom. The van der Waals surface area contributed by atoms with Crippen molar-refractivity contribution in [3.05, 3.63) is 51.9 Å². The molecule has 3 atom stereocenters. The fourth-order valence-corrected chi connectivity index (χ4v) is 6.74. The van der Waals surface area contributed by atoms with Crippen LogP contribution in [0.25, 0.3) is 11.0 Å². The molecule has 3 aromatic heterocycles. The van der Waals surface area contributed by atoms with Gasteiger partial charge in [0.05, 0.1) is 11.7 Å². The highest BCUT2D eigenvalue weighted by Gasteiger charge is 2.53. The number of halogens is 1. The number of carbonyl (C=O) groups is 4. The zero-order valence-corrected chi connectivity index (χ0v) is 23.8. The number of anilines is 1. The van der Waals surface area contributed by atoms with Gasteiger partial charge in [0, 0.05) is 36.7 Å². The van der Waals surface area contributed by atoms with E-state index in [2.05, 4.69) is 15.5 Å². The van der Waals surface area contributed by atoms with Gasteiger partial charge in [-0.15, -0.1) is 11.8 Å². The number of amides is 2. The number of carboxylic acids is 2.